The number of halogens is 2. The van der Waals surface area contributed by atoms with Gasteiger partial charge in [-0.05, 0) is 48.6 Å². The Balaban J connectivity index is 1.77. The Kier molecular flexibility index (Phi) is 4.68. The monoisotopic (exact) mass is 376 g/mol. The average Bonchev–Trinajstić information content (AvgIpc) is 2.86. The normalized spacial score (nSPS) is 31.6. The number of aliphatic hydroxyl groups is 1. The number of hydrogen-bond donors (Lipinski definition) is 1. The van der Waals surface area contributed by atoms with Crippen molar-refractivity contribution in [3.63, 3.8) is 0 Å². The van der Waals surface area contributed by atoms with Gasteiger partial charge in [-0.15, -0.1) is 0 Å². The van der Waals surface area contributed by atoms with Crippen LogP contribution in [-0.4, -0.2) is 28.8 Å². The Hall–Kier alpha value is 0.260. The predicted octanol–water partition coefficient (Wildman–Crippen LogP) is 4.44. The zero-order chi connectivity index (χ0) is 14.2. The summed E-state index contributed by atoms with van der Waals surface area (Å²) in [5.74, 6) is 2.51. The van der Waals surface area contributed by atoms with Gasteiger partial charge < -0.3 is 9.84 Å². The Morgan fingerprint density at radius 1 is 1.50 bits per heavy atom. The first kappa shape index (κ1) is 15.2. The molecule has 0 bridgehead atoms. The predicted molar refractivity (Wildman–Crippen MR) is 87.5 cm³/mol. The van der Waals surface area contributed by atoms with Crippen molar-refractivity contribution in [2.75, 3.05) is 18.1 Å². The third-order valence-corrected chi connectivity index (χ3v) is 6.47. The maximum atomic E-state index is 10.7. The molecule has 2 aliphatic rings. The minimum absolute atomic E-state index is 0.00741. The van der Waals surface area contributed by atoms with Crippen LogP contribution in [-0.2, 0) is 4.74 Å². The summed E-state index contributed by atoms with van der Waals surface area (Å²) in [5, 5.41) is 11.4. The second-order valence-corrected chi connectivity index (χ2v) is 8.09. The van der Waals surface area contributed by atoms with Gasteiger partial charge in [0.2, 0.25) is 0 Å². The molecule has 0 radical (unpaired) electrons. The minimum atomic E-state index is -0.451. The summed E-state index contributed by atoms with van der Waals surface area (Å²) in [5.41, 5.74) is 0.940. The third-order valence-electron chi connectivity index (χ3n) is 4.33. The third kappa shape index (κ3) is 3.05. The molecule has 1 spiro atoms. The van der Waals surface area contributed by atoms with Crippen LogP contribution in [0.3, 0.4) is 0 Å². The molecule has 110 valence electrons. The van der Waals surface area contributed by atoms with E-state index in [1.54, 1.807) is 0 Å². The van der Waals surface area contributed by atoms with E-state index in [1.807, 2.05) is 30.0 Å². The lowest BCUT2D eigenvalue weighted by atomic mass is 9.80. The number of hydrogen-bond acceptors (Lipinski definition) is 3. The van der Waals surface area contributed by atoms with Gasteiger partial charge >= 0.3 is 0 Å². The molecule has 2 fully saturated rings. The fourth-order valence-corrected chi connectivity index (χ4v) is 5.49. The average molecular weight is 378 g/mol. The lowest BCUT2D eigenvalue weighted by molar-refractivity contribution is -0.102. The molecule has 3 rings (SSSR count). The number of rotatable bonds is 2. The highest BCUT2D eigenvalue weighted by atomic mass is 79.9. The van der Waals surface area contributed by atoms with Crippen LogP contribution in [0.15, 0.2) is 22.7 Å². The first-order valence-corrected chi connectivity index (χ1v) is 9.27. The van der Waals surface area contributed by atoms with E-state index in [0.717, 1.165) is 41.7 Å². The molecule has 0 amide bonds. The van der Waals surface area contributed by atoms with Crippen molar-refractivity contribution in [1.29, 1.82) is 0 Å². The van der Waals surface area contributed by atoms with Crippen molar-refractivity contribution >= 4 is 39.3 Å². The first-order chi connectivity index (χ1) is 9.60. The van der Waals surface area contributed by atoms with Crippen molar-refractivity contribution < 1.29 is 9.84 Å². The quantitative estimate of drug-likeness (QED) is 0.826. The molecule has 1 aromatic carbocycles. The first-order valence-electron chi connectivity index (χ1n) is 6.94. The highest BCUT2D eigenvalue weighted by Crippen LogP contribution is 2.45. The van der Waals surface area contributed by atoms with Crippen LogP contribution in [0.5, 0.6) is 0 Å². The summed E-state index contributed by atoms with van der Waals surface area (Å²) in [7, 11) is 0. The van der Waals surface area contributed by atoms with Crippen molar-refractivity contribution in [3.05, 3.63) is 33.3 Å². The molecule has 3 unspecified atom stereocenters. The SMILES string of the molecule is OC(c1ccc(Cl)cc1Br)C1CCOC2(CCSC2)C1. The van der Waals surface area contributed by atoms with Gasteiger partial charge in [0.05, 0.1) is 11.7 Å². The lowest BCUT2D eigenvalue weighted by Crippen LogP contribution is -2.41. The van der Waals surface area contributed by atoms with E-state index >= 15 is 0 Å². The van der Waals surface area contributed by atoms with Gasteiger partial charge in [-0.3, -0.25) is 0 Å². The number of benzene rings is 1. The molecule has 2 heterocycles. The highest BCUT2D eigenvalue weighted by molar-refractivity contribution is 9.10. The van der Waals surface area contributed by atoms with Gasteiger partial charge in [-0.1, -0.05) is 33.6 Å². The molecule has 3 atom stereocenters. The lowest BCUT2D eigenvalue weighted by Gasteiger charge is -2.39. The summed E-state index contributed by atoms with van der Waals surface area (Å²) < 4.78 is 6.92. The molecule has 0 saturated carbocycles. The van der Waals surface area contributed by atoms with E-state index in [9.17, 15) is 5.11 Å². The fraction of sp³-hybridized carbons (Fsp3) is 0.600. The zero-order valence-corrected chi connectivity index (χ0v) is 14.3. The van der Waals surface area contributed by atoms with Crippen LogP contribution in [0, 0.1) is 5.92 Å². The molecule has 20 heavy (non-hydrogen) atoms. The van der Waals surface area contributed by atoms with Gasteiger partial charge in [0.1, 0.15) is 0 Å². The molecule has 1 N–H and O–H groups in total. The van der Waals surface area contributed by atoms with Crippen molar-refractivity contribution in [3.8, 4) is 0 Å². The summed E-state index contributed by atoms with van der Waals surface area (Å²) in [4.78, 5) is 0. The summed E-state index contributed by atoms with van der Waals surface area (Å²) in [6.45, 7) is 0.757. The van der Waals surface area contributed by atoms with Crippen molar-refractivity contribution in [2.24, 2.45) is 5.92 Å². The molecule has 1 aromatic rings. The van der Waals surface area contributed by atoms with Crippen LogP contribution in [0.1, 0.15) is 30.9 Å². The Bertz CT molecular complexity index is 491. The largest absolute Gasteiger partial charge is 0.388 e. The summed E-state index contributed by atoms with van der Waals surface area (Å²) in [6, 6.07) is 5.61. The van der Waals surface area contributed by atoms with E-state index in [1.165, 1.54) is 5.75 Å². The molecule has 2 aliphatic heterocycles. The van der Waals surface area contributed by atoms with Crippen molar-refractivity contribution in [1.82, 2.24) is 0 Å². The smallest absolute Gasteiger partial charge is 0.0831 e. The second kappa shape index (κ2) is 6.17. The second-order valence-electron chi connectivity index (χ2n) is 5.70. The minimum Gasteiger partial charge on any atom is -0.388 e. The Morgan fingerprint density at radius 3 is 3.05 bits per heavy atom. The Labute approximate surface area is 137 Å². The molecular formula is C15H18BrClO2S. The molecule has 0 aromatic heterocycles. The number of ether oxygens (including phenoxy) is 1. The van der Waals surface area contributed by atoms with Gasteiger partial charge in [0.15, 0.2) is 0 Å². The highest BCUT2D eigenvalue weighted by Gasteiger charge is 2.42. The number of aliphatic hydroxyl groups excluding tert-OH is 1. The topological polar surface area (TPSA) is 29.5 Å². The molecule has 5 heteroatoms. The van der Waals surface area contributed by atoms with E-state index in [2.05, 4.69) is 15.9 Å². The van der Waals surface area contributed by atoms with Crippen molar-refractivity contribution in [2.45, 2.75) is 31.0 Å². The number of thioether (sulfide) groups is 1. The van der Waals surface area contributed by atoms with E-state index < -0.39 is 6.10 Å². The summed E-state index contributed by atoms with van der Waals surface area (Å²) in [6.07, 6.45) is 2.54. The summed E-state index contributed by atoms with van der Waals surface area (Å²) >= 11 is 11.4. The van der Waals surface area contributed by atoms with Gasteiger partial charge in [-0.2, -0.15) is 11.8 Å². The molecule has 2 nitrogen and oxygen atoms in total. The van der Waals surface area contributed by atoms with Crippen LogP contribution in [0.4, 0.5) is 0 Å². The van der Waals surface area contributed by atoms with Gasteiger partial charge in [0, 0.05) is 21.9 Å². The maximum Gasteiger partial charge on any atom is 0.0831 e. The van der Waals surface area contributed by atoms with E-state index in [4.69, 9.17) is 16.3 Å². The standard InChI is InChI=1S/C15H18BrClO2S/c16-13-7-11(17)1-2-12(13)14(18)10-3-5-19-15(8-10)4-6-20-9-15/h1-2,7,10,14,18H,3-6,8-9H2. The van der Waals surface area contributed by atoms with Crippen LogP contribution in [0.25, 0.3) is 0 Å². The fourth-order valence-electron chi connectivity index (χ4n) is 3.19. The van der Waals surface area contributed by atoms with Gasteiger partial charge in [0.25, 0.3) is 0 Å². The Morgan fingerprint density at radius 2 is 2.35 bits per heavy atom. The molecular weight excluding hydrogens is 360 g/mol. The van der Waals surface area contributed by atoms with Gasteiger partial charge in [-0.25, -0.2) is 0 Å². The van der Waals surface area contributed by atoms with Crippen LogP contribution >= 0.6 is 39.3 Å². The molecule has 0 aliphatic carbocycles. The zero-order valence-electron chi connectivity index (χ0n) is 11.1. The van der Waals surface area contributed by atoms with Crippen LogP contribution in [0.2, 0.25) is 5.02 Å². The molecule has 2 saturated heterocycles. The maximum absolute atomic E-state index is 10.7. The van der Waals surface area contributed by atoms with Crippen LogP contribution < -0.4 is 0 Å². The van der Waals surface area contributed by atoms with E-state index in [0.29, 0.717) is 5.02 Å². The van der Waals surface area contributed by atoms with E-state index in [-0.39, 0.29) is 11.5 Å².